The second-order valence-corrected chi connectivity index (χ2v) is 8.63. The summed E-state index contributed by atoms with van der Waals surface area (Å²) in [5.74, 6) is -0.898. The van der Waals surface area contributed by atoms with Crippen LogP contribution >= 0.6 is 0 Å². The number of piperidine rings is 1. The Bertz CT molecular complexity index is 817. The molecule has 25 heavy (non-hydrogen) atoms. The molecule has 5 heteroatoms. The molecule has 0 amide bonds. The number of carboxylic acids is 1. The molecule has 3 N–H and O–H groups in total. The van der Waals surface area contributed by atoms with Crippen LogP contribution in [0.2, 0.25) is 0 Å². The number of aliphatic hydroxyl groups is 1. The van der Waals surface area contributed by atoms with Crippen LogP contribution in [-0.4, -0.2) is 52.9 Å². The van der Waals surface area contributed by atoms with E-state index in [2.05, 4.69) is 30.6 Å². The predicted molar refractivity (Wildman–Crippen MR) is 94.0 cm³/mol. The Labute approximate surface area is 147 Å². The number of carbonyl (C=O) groups is 1. The number of aliphatic carboxylic acids is 1. The molecular formula is C20H25N2O3+. The molecule has 2 bridgehead atoms. The summed E-state index contributed by atoms with van der Waals surface area (Å²) in [6.45, 7) is 3.71. The summed E-state index contributed by atoms with van der Waals surface area (Å²) in [7, 11) is 2.30. The minimum Gasteiger partial charge on any atom is -0.478 e. The standard InChI is InChI=1S/C20H24N2O3/c1-11(23)13-10-22(2)8-7-20-14-5-3-4-6-15(14)21-18(20)17(19(24)25)12(13)9-16(20)22/h3-6,11-13,16,21,23H,7-10H2,1-2H3/p+1/t11-,12-,13-,16-,20+,22?/m0/s1. The molecule has 6 atom stereocenters. The lowest BCUT2D eigenvalue weighted by molar-refractivity contribution is -0.933. The second kappa shape index (κ2) is 4.65. The van der Waals surface area contributed by atoms with E-state index in [1.807, 2.05) is 13.0 Å². The summed E-state index contributed by atoms with van der Waals surface area (Å²) >= 11 is 0. The van der Waals surface area contributed by atoms with Gasteiger partial charge in [-0.3, -0.25) is 0 Å². The predicted octanol–water partition coefficient (Wildman–Crippen LogP) is 1.94. The number of para-hydroxylation sites is 1. The molecule has 0 saturated carbocycles. The van der Waals surface area contributed by atoms with Gasteiger partial charge >= 0.3 is 5.97 Å². The first-order valence-electron chi connectivity index (χ1n) is 9.25. The first kappa shape index (κ1) is 15.4. The lowest BCUT2D eigenvalue weighted by atomic mass is 9.59. The number of benzene rings is 1. The molecule has 3 aliphatic heterocycles. The number of carboxylic acid groups (broad SMARTS) is 1. The maximum absolute atomic E-state index is 12.3. The van der Waals surface area contributed by atoms with Gasteiger partial charge in [-0.25, -0.2) is 4.79 Å². The highest BCUT2D eigenvalue weighted by Gasteiger charge is 2.69. The summed E-state index contributed by atoms with van der Waals surface area (Å²) < 4.78 is 0.943. The van der Waals surface area contributed by atoms with Crippen LogP contribution in [0.4, 0.5) is 5.69 Å². The molecule has 2 saturated heterocycles. The number of hydrogen-bond donors (Lipinski definition) is 3. The Morgan fingerprint density at radius 3 is 2.88 bits per heavy atom. The molecule has 1 aromatic carbocycles. The first-order valence-corrected chi connectivity index (χ1v) is 9.25. The van der Waals surface area contributed by atoms with Crippen molar-refractivity contribution in [3.05, 3.63) is 41.1 Å². The third-order valence-corrected chi connectivity index (χ3v) is 7.56. The normalized spacial score (nSPS) is 41.8. The molecule has 132 valence electrons. The smallest absolute Gasteiger partial charge is 0.333 e. The van der Waals surface area contributed by atoms with Gasteiger partial charge in [0.25, 0.3) is 0 Å². The summed E-state index contributed by atoms with van der Waals surface area (Å²) in [5.41, 5.74) is 3.57. The van der Waals surface area contributed by atoms with Gasteiger partial charge in [0.05, 0.1) is 37.2 Å². The molecule has 2 fully saturated rings. The highest BCUT2D eigenvalue weighted by molar-refractivity contribution is 5.92. The van der Waals surface area contributed by atoms with Crippen LogP contribution in [0, 0.1) is 11.8 Å². The summed E-state index contributed by atoms with van der Waals surface area (Å²) in [6.07, 6.45) is 1.34. The van der Waals surface area contributed by atoms with Crippen molar-refractivity contribution in [2.45, 2.75) is 37.3 Å². The zero-order valence-corrected chi connectivity index (χ0v) is 14.7. The van der Waals surface area contributed by atoms with E-state index in [9.17, 15) is 15.0 Å². The molecular weight excluding hydrogens is 316 g/mol. The molecule has 4 aliphatic rings. The first-order chi connectivity index (χ1) is 11.9. The van der Waals surface area contributed by atoms with Crippen molar-refractivity contribution in [2.24, 2.45) is 11.8 Å². The van der Waals surface area contributed by atoms with Gasteiger partial charge in [0.2, 0.25) is 0 Å². The van der Waals surface area contributed by atoms with Gasteiger partial charge in [0.15, 0.2) is 0 Å². The van der Waals surface area contributed by atoms with E-state index in [4.69, 9.17) is 0 Å². The Hall–Kier alpha value is -1.85. The minimum atomic E-state index is -0.827. The highest BCUT2D eigenvalue weighted by Crippen LogP contribution is 2.63. The van der Waals surface area contributed by atoms with Crippen molar-refractivity contribution >= 4 is 11.7 Å². The van der Waals surface area contributed by atoms with Crippen LogP contribution in [0.1, 0.15) is 25.3 Å². The largest absolute Gasteiger partial charge is 0.478 e. The SMILES string of the molecule is C[C@H](O)[C@@H]1C[N+]2(C)CC[C@]34C(=C(C(=O)O)[C@H]1C[C@@H]32)Nc1ccccc14. The van der Waals surface area contributed by atoms with Gasteiger partial charge in [-0.2, -0.15) is 0 Å². The third-order valence-electron chi connectivity index (χ3n) is 7.56. The van der Waals surface area contributed by atoms with Crippen molar-refractivity contribution in [2.75, 3.05) is 25.5 Å². The Morgan fingerprint density at radius 2 is 2.16 bits per heavy atom. The zero-order valence-electron chi connectivity index (χ0n) is 14.7. The van der Waals surface area contributed by atoms with Crippen LogP contribution in [0.3, 0.4) is 0 Å². The van der Waals surface area contributed by atoms with E-state index in [-0.39, 0.29) is 17.3 Å². The highest BCUT2D eigenvalue weighted by atomic mass is 16.4. The van der Waals surface area contributed by atoms with Crippen LogP contribution in [0.15, 0.2) is 35.5 Å². The fourth-order valence-electron chi connectivity index (χ4n) is 6.53. The number of nitrogens with zero attached hydrogens (tertiary/aromatic N) is 1. The van der Waals surface area contributed by atoms with E-state index in [0.717, 1.165) is 41.8 Å². The van der Waals surface area contributed by atoms with E-state index in [0.29, 0.717) is 11.6 Å². The number of aliphatic hydroxyl groups excluding tert-OH is 1. The van der Waals surface area contributed by atoms with Crippen molar-refractivity contribution < 1.29 is 19.5 Å². The van der Waals surface area contributed by atoms with E-state index in [1.54, 1.807) is 0 Å². The molecule has 1 aromatic rings. The Balaban J connectivity index is 1.81. The second-order valence-electron chi connectivity index (χ2n) is 8.63. The molecule has 1 unspecified atom stereocenters. The number of hydrogen-bond acceptors (Lipinski definition) is 3. The van der Waals surface area contributed by atoms with Crippen LogP contribution < -0.4 is 5.32 Å². The Kier molecular flexibility index (Phi) is 2.87. The van der Waals surface area contributed by atoms with Gasteiger partial charge in [-0.05, 0) is 18.6 Å². The average molecular weight is 341 g/mol. The quantitative estimate of drug-likeness (QED) is 0.719. The number of nitrogens with one attached hydrogen (secondary N) is 1. The Morgan fingerprint density at radius 1 is 1.40 bits per heavy atom. The van der Waals surface area contributed by atoms with Crippen LogP contribution in [-0.2, 0) is 10.2 Å². The van der Waals surface area contributed by atoms with Gasteiger partial charge in [-0.15, -0.1) is 0 Å². The molecule has 1 spiro atoms. The van der Waals surface area contributed by atoms with E-state index < -0.39 is 12.1 Å². The zero-order chi connectivity index (χ0) is 17.6. The number of fused-ring (bicyclic) bond motifs is 2. The molecule has 3 heterocycles. The van der Waals surface area contributed by atoms with Gasteiger partial charge in [-0.1, -0.05) is 18.2 Å². The summed E-state index contributed by atoms with van der Waals surface area (Å²) in [5, 5.41) is 24.0. The molecule has 0 aromatic heterocycles. The maximum atomic E-state index is 12.3. The van der Waals surface area contributed by atoms with Crippen molar-refractivity contribution in [1.29, 1.82) is 0 Å². The number of anilines is 1. The molecule has 5 nitrogen and oxygen atoms in total. The average Bonchev–Trinajstić information content (AvgIpc) is 3.07. The number of rotatable bonds is 2. The number of quaternary nitrogens is 1. The topological polar surface area (TPSA) is 69.6 Å². The monoisotopic (exact) mass is 341 g/mol. The molecule has 5 rings (SSSR count). The van der Waals surface area contributed by atoms with Gasteiger partial charge < -0.3 is 20.0 Å². The number of likely N-dealkylation sites (N-methyl/N-ethyl adjacent to an activating group) is 1. The lowest BCUT2D eigenvalue weighted by Gasteiger charge is -2.54. The van der Waals surface area contributed by atoms with E-state index in [1.165, 1.54) is 5.56 Å². The van der Waals surface area contributed by atoms with Crippen molar-refractivity contribution in [3.8, 4) is 0 Å². The van der Waals surface area contributed by atoms with Gasteiger partial charge in [0.1, 0.15) is 6.04 Å². The van der Waals surface area contributed by atoms with Crippen LogP contribution in [0.25, 0.3) is 0 Å². The third kappa shape index (κ3) is 1.68. The minimum absolute atomic E-state index is 0.00135. The molecule has 0 radical (unpaired) electrons. The van der Waals surface area contributed by atoms with Crippen molar-refractivity contribution in [1.82, 2.24) is 0 Å². The summed E-state index contributed by atoms with van der Waals surface area (Å²) in [4.78, 5) is 12.3. The fourth-order valence-corrected chi connectivity index (χ4v) is 6.53. The van der Waals surface area contributed by atoms with Crippen LogP contribution in [0.5, 0.6) is 0 Å². The molecule has 1 aliphatic carbocycles. The fraction of sp³-hybridized carbons (Fsp3) is 0.550. The van der Waals surface area contributed by atoms with Crippen molar-refractivity contribution in [3.63, 3.8) is 0 Å². The maximum Gasteiger partial charge on any atom is 0.333 e. The van der Waals surface area contributed by atoms with Gasteiger partial charge in [0, 0.05) is 36.1 Å². The van der Waals surface area contributed by atoms with E-state index >= 15 is 0 Å². The lowest BCUT2D eigenvalue weighted by Crippen LogP contribution is -2.65. The summed E-state index contributed by atoms with van der Waals surface area (Å²) in [6, 6.07) is 8.70.